The molecule has 0 saturated heterocycles. The number of nitriles is 1. The van der Waals surface area contributed by atoms with Crippen molar-refractivity contribution in [3.8, 4) is 6.07 Å². The number of nitrogens with zero attached hydrogens (tertiary/aromatic N) is 1. The molecule has 0 radical (unpaired) electrons. The van der Waals surface area contributed by atoms with E-state index in [1.807, 2.05) is 60.7 Å². The van der Waals surface area contributed by atoms with Gasteiger partial charge in [0.1, 0.15) is 0 Å². The van der Waals surface area contributed by atoms with Crippen LogP contribution in [0.25, 0.3) is 0 Å². The summed E-state index contributed by atoms with van der Waals surface area (Å²) in [5, 5.41) is 9.19. The summed E-state index contributed by atoms with van der Waals surface area (Å²) in [4.78, 5) is 0. The van der Waals surface area contributed by atoms with Crippen LogP contribution < -0.4 is 0 Å². The van der Waals surface area contributed by atoms with Gasteiger partial charge in [0.2, 0.25) is 0 Å². The Balaban J connectivity index is 1.77. The smallest absolute Gasteiger partial charge is 0.0734 e. The molecule has 0 fully saturated rings. The van der Waals surface area contributed by atoms with Crippen molar-refractivity contribution in [1.29, 1.82) is 5.26 Å². The highest BCUT2D eigenvalue weighted by atomic mass is 16.5. The van der Waals surface area contributed by atoms with Crippen LogP contribution in [-0.4, -0.2) is 6.61 Å². The van der Waals surface area contributed by atoms with Gasteiger partial charge in [0, 0.05) is 6.61 Å². The summed E-state index contributed by atoms with van der Waals surface area (Å²) >= 11 is 0. The zero-order valence-electron chi connectivity index (χ0n) is 10.8. The van der Waals surface area contributed by atoms with Crippen molar-refractivity contribution in [3.05, 3.63) is 71.8 Å². The number of hydrogen-bond acceptors (Lipinski definition) is 2. The lowest BCUT2D eigenvalue weighted by Gasteiger charge is -2.09. The molecule has 0 amide bonds. The van der Waals surface area contributed by atoms with Gasteiger partial charge in [-0.05, 0) is 17.5 Å². The van der Waals surface area contributed by atoms with Crippen LogP contribution in [0.3, 0.4) is 0 Å². The maximum Gasteiger partial charge on any atom is 0.0734 e. The molecule has 0 heterocycles. The van der Waals surface area contributed by atoms with Crippen LogP contribution >= 0.6 is 0 Å². The molecule has 19 heavy (non-hydrogen) atoms. The lowest BCUT2D eigenvalue weighted by Crippen LogP contribution is -2.02. The van der Waals surface area contributed by atoms with Crippen molar-refractivity contribution < 1.29 is 4.74 Å². The SMILES string of the molecule is N#CC(CCOCc1ccccc1)c1ccccc1. The molecular weight excluding hydrogens is 234 g/mol. The Kier molecular flexibility index (Phi) is 5.16. The van der Waals surface area contributed by atoms with Crippen LogP contribution in [0.1, 0.15) is 23.5 Å². The maximum absolute atomic E-state index is 9.19. The van der Waals surface area contributed by atoms with E-state index < -0.39 is 0 Å². The Morgan fingerprint density at radius 1 is 0.947 bits per heavy atom. The van der Waals surface area contributed by atoms with Crippen LogP contribution in [0, 0.1) is 11.3 Å². The summed E-state index contributed by atoms with van der Waals surface area (Å²) in [6.45, 7) is 1.20. The molecule has 0 aliphatic carbocycles. The third-order valence-corrected chi connectivity index (χ3v) is 3.02. The van der Waals surface area contributed by atoms with Gasteiger partial charge in [0.05, 0.1) is 18.6 Å². The Hall–Kier alpha value is -2.11. The molecule has 2 aromatic carbocycles. The quantitative estimate of drug-likeness (QED) is 0.729. The average molecular weight is 251 g/mol. The van der Waals surface area contributed by atoms with Gasteiger partial charge >= 0.3 is 0 Å². The summed E-state index contributed by atoms with van der Waals surface area (Å²) in [5.74, 6) is -0.0861. The molecule has 0 aromatic heterocycles. The normalized spacial score (nSPS) is 11.7. The monoisotopic (exact) mass is 251 g/mol. The molecule has 2 rings (SSSR count). The summed E-state index contributed by atoms with van der Waals surface area (Å²) in [6.07, 6.45) is 0.730. The first kappa shape index (κ1) is 13.3. The van der Waals surface area contributed by atoms with Gasteiger partial charge in [-0.15, -0.1) is 0 Å². The lowest BCUT2D eigenvalue weighted by atomic mass is 9.98. The minimum absolute atomic E-state index is 0.0861. The number of benzene rings is 2. The van der Waals surface area contributed by atoms with E-state index in [9.17, 15) is 5.26 Å². The van der Waals surface area contributed by atoms with Crippen LogP contribution in [0.2, 0.25) is 0 Å². The minimum Gasteiger partial charge on any atom is -0.377 e. The third-order valence-electron chi connectivity index (χ3n) is 3.02. The van der Waals surface area contributed by atoms with Gasteiger partial charge < -0.3 is 4.74 Å². The number of rotatable bonds is 6. The second kappa shape index (κ2) is 7.35. The van der Waals surface area contributed by atoms with Crippen LogP contribution in [0.4, 0.5) is 0 Å². The summed E-state index contributed by atoms with van der Waals surface area (Å²) in [6, 6.07) is 22.3. The van der Waals surface area contributed by atoms with Gasteiger partial charge in [0.25, 0.3) is 0 Å². The highest BCUT2D eigenvalue weighted by molar-refractivity contribution is 5.24. The molecule has 2 aromatic rings. The molecule has 1 atom stereocenters. The molecule has 1 unspecified atom stereocenters. The zero-order valence-corrected chi connectivity index (χ0v) is 10.8. The topological polar surface area (TPSA) is 33.0 Å². The predicted octanol–water partition coefficient (Wildman–Crippen LogP) is 3.90. The fourth-order valence-electron chi connectivity index (χ4n) is 1.96. The van der Waals surface area contributed by atoms with Gasteiger partial charge in [-0.1, -0.05) is 60.7 Å². The van der Waals surface area contributed by atoms with Crippen LogP contribution in [0.5, 0.6) is 0 Å². The van der Waals surface area contributed by atoms with E-state index in [0.717, 1.165) is 17.5 Å². The average Bonchev–Trinajstić information content (AvgIpc) is 2.49. The molecule has 2 nitrogen and oxygen atoms in total. The van der Waals surface area contributed by atoms with E-state index in [4.69, 9.17) is 4.74 Å². The molecule has 0 saturated carbocycles. The van der Waals surface area contributed by atoms with E-state index in [0.29, 0.717) is 13.2 Å². The Bertz CT molecular complexity index is 516. The minimum atomic E-state index is -0.0861. The number of hydrogen-bond donors (Lipinski definition) is 0. The summed E-state index contributed by atoms with van der Waals surface area (Å²) in [5.41, 5.74) is 2.23. The fraction of sp³-hybridized carbons (Fsp3) is 0.235. The molecule has 96 valence electrons. The van der Waals surface area contributed by atoms with Crippen molar-refractivity contribution in [2.45, 2.75) is 18.9 Å². The largest absolute Gasteiger partial charge is 0.377 e. The second-order valence-electron chi connectivity index (χ2n) is 4.42. The van der Waals surface area contributed by atoms with Crippen LogP contribution in [0.15, 0.2) is 60.7 Å². The molecule has 2 heteroatoms. The van der Waals surface area contributed by atoms with Gasteiger partial charge in [-0.2, -0.15) is 5.26 Å². The first-order chi connectivity index (χ1) is 9.40. The van der Waals surface area contributed by atoms with Crippen molar-refractivity contribution in [3.63, 3.8) is 0 Å². The van der Waals surface area contributed by atoms with E-state index in [1.165, 1.54) is 0 Å². The summed E-state index contributed by atoms with van der Waals surface area (Å²) < 4.78 is 5.62. The zero-order chi connectivity index (χ0) is 13.3. The first-order valence-electron chi connectivity index (χ1n) is 6.46. The Labute approximate surface area is 114 Å². The van der Waals surface area contributed by atoms with Gasteiger partial charge in [0.15, 0.2) is 0 Å². The third kappa shape index (κ3) is 4.24. The Morgan fingerprint density at radius 2 is 1.58 bits per heavy atom. The van der Waals surface area contributed by atoms with Gasteiger partial charge in [-0.25, -0.2) is 0 Å². The molecule has 0 N–H and O–H groups in total. The molecular formula is C17H17NO. The van der Waals surface area contributed by atoms with Crippen molar-refractivity contribution in [1.82, 2.24) is 0 Å². The van der Waals surface area contributed by atoms with Crippen molar-refractivity contribution in [2.24, 2.45) is 0 Å². The highest BCUT2D eigenvalue weighted by Gasteiger charge is 2.09. The fourth-order valence-corrected chi connectivity index (χ4v) is 1.96. The van der Waals surface area contributed by atoms with E-state index in [1.54, 1.807) is 0 Å². The molecule has 0 bridgehead atoms. The second-order valence-corrected chi connectivity index (χ2v) is 4.42. The molecule has 0 spiro atoms. The van der Waals surface area contributed by atoms with Crippen LogP contribution in [-0.2, 0) is 11.3 Å². The van der Waals surface area contributed by atoms with Crippen molar-refractivity contribution >= 4 is 0 Å². The van der Waals surface area contributed by atoms with E-state index >= 15 is 0 Å². The van der Waals surface area contributed by atoms with E-state index in [2.05, 4.69) is 6.07 Å². The van der Waals surface area contributed by atoms with Crippen molar-refractivity contribution in [2.75, 3.05) is 6.61 Å². The predicted molar refractivity (Wildman–Crippen MR) is 75.5 cm³/mol. The summed E-state index contributed by atoms with van der Waals surface area (Å²) in [7, 11) is 0. The number of ether oxygens (including phenoxy) is 1. The van der Waals surface area contributed by atoms with Gasteiger partial charge in [-0.3, -0.25) is 0 Å². The molecule has 0 aliphatic heterocycles. The molecule has 0 aliphatic rings. The lowest BCUT2D eigenvalue weighted by molar-refractivity contribution is 0.116. The standard InChI is InChI=1S/C17H17NO/c18-13-17(16-9-5-2-6-10-16)11-12-19-14-15-7-3-1-4-8-15/h1-10,17H,11-12,14H2. The van der Waals surface area contributed by atoms with E-state index in [-0.39, 0.29) is 5.92 Å². The maximum atomic E-state index is 9.19. The highest BCUT2D eigenvalue weighted by Crippen LogP contribution is 2.18. The first-order valence-corrected chi connectivity index (χ1v) is 6.46. The Morgan fingerprint density at radius 3 is 2.21 bits per heavy atom.